The summed E-state index contributed by atoms with van der Waals surface area (Å²) < 4.78 is 5.92. The molecule has 0 aliphatic carbocycles. The Labute approximate surface area is 157 Å². The van der Waals surface area contributed by atoms with Gasteiger partial charge in [-0.2, -0.15) is 0 Å². The molecule has 5 heteroatoms. The van der Waals surface area contributed by atoms with Crippen LogP contribution in [0.4, 0.5) is 0 Å². The van der Waals surface area contributed by atoms with E-state index in [1.807, 2.05) is 57.2 Å². The van der Waals surface area contributed by atoms with Crippen molar-refractivity contribution >= 4 is 27.9 Å². The van der Waals surface area contributed by atoms with Crippen molar-refractivity contribution in [1.29, 1.82) is 0 Å². The fourth-order valence-electron chi connectivity index (χ4n) is 3.14. The number of nitrogens with zero attached hydrogens (tertiary/aromatic N) is 3. The van der Waals surface area contributed by atoms with Gasteiger partial charge in [0.05, 0.1) is 28.5 Å². The monoisotopic (exact) mass is 359 g/mol. The Morgan fingerprint density at radius 1 is 1.00 bits per heavy atom. The maximum atomic E-state index is 13.0. The van der Waals surface area contributed by atoms with Gasteiger partial charge in [-0.25, -0.2) is 9.97 Å². The SMILES string of the molecule is Cc1nc2ccc(C(=O)N(C)[C@@H](C)c3cc4ccccc4o3)cc2nc1C. The average Bonchev–Trinajstić information content (AvgIpc) is 3.11. The minimum Gasteiger partial charge on any atom is -0.459 e. The molecule has 1 atom stereocenters. The maximum Gasteiger partial charge on any atom is 0.254 e. The van der Waals surface area contributed by atoms with Crippen LogP contribution in [-0.2, 0) is 0 Å². The van der Waals surface area contributed by atoms with E-state index in [-0.39, 0.29) is 11.9 Å². The smallest absolute Gasteiger partial charge is 0.254 e. The second kappa shape index (κ2) is 6.50. The molecule has 4 rings (SSSR count). The Morgan fingerprint density at radius 2 is 1.70 bits per heavy atom. The number of benzene rings is 2. The third kappa shape index (κ3) is 3.05. The minimum atomic E-state index is -0.188. The second-order valence-electron chi connectivity index (χ2n) is 6.88. The first-order valence-electron chi connectivity index (χ1n) is 8.94. The molecule has 0 fully saturated rings. The lowest BCUT2D eigenvalue weighted by molar-refractivity contribution is 0.0727. The van der Waals surface area contributed by atoms with Gasteiger partial charge in [-0.15, -0.1) is 0 Å². The van der Waals surface area contributed by atoms with Crippen LogP contribution in [0.3, 0.4) is 0 Å². The van der Waals surface area contributed by atoms with Gasteiger partial charge in [0.15, 0.2) is 0 Å². The topological polar surface area (TPSA) is 59.2 Å². The molecule has 0 unspecified atom stereocenters. The summed E-state index contributed by atoms with van der Waals surface area (Å²) in [6, 6.07) is 15.1. The van der Waals surface area contributed by atoms with Crippen LogP contribution in [0.25, 0.3) is 22.0 Å². The van der Waals surface area contributed by atoms with Crippen molar-refractivity contribution in [3.05, 3.63) is 71.2 Å². The first-order valence-corrected chi connectivity index (χ1v) is 8.94. The van der Waals surface area contributed by atoms with Crippen LogP contribution in [-0.4, -0.2) is 27.8 Å². The molecule has 0 saturated carbocycles. The van der Waals surface area contributed by atoms with Gasteiger partial charge in [0.2, 0.25) is 0 Å². The third-order valence-electron chi connectivity index (χ3n) is 5.08. The molecule has 0 saturated heterocycles. The van der Waals surface area contributed by atoms with Gasteiger partial charge in [-0.3, -0.25) is 4.79 Å². The van der Waals surface area contributed by atoms with E-state index in [1.54, 1.807) is 24.1 Å². The molecule has 0 spiro atoms. The molecule has 2 aromatic heterocycles. The summed E-state index contributed by atoms with van der Waals surface area (Å²) in [6.07, 6.45) is 0. The lowest BCUT2D eigenvalue weighted by atomic mass is 10.1. The largest absolute Gasteiger partial charge is 0.459 e. The van der Waals surface area contributed by atoms with Gasteiger partial charge in [0.1, 0.15) is 11.3 Å². The second-order valence-corrected chi connectivity index (χ2v) is 6.88. The fraction of sp³-hybridized carbons (Fsp3) is 0.227. The number of carbonyl (C=O) groups is 1. The van der Waals surface area contributed by atoms with Crippen molar-refractivity contribution in [2.24, 2.45) is 0 Å². The van der Waals surface area contributed by atoms with E-state index in [9.17, 15) is 4.79 Å². The Morgan fingerprint density at radius 3 is 2.44 bits per heavy atom. The Balaban J connectivity index is 1.64. The highest BCUT2D eigenvalue weighted by Crippen LogP contribution is 2.28. The van der Waals surface area contributed by atoms with Gasteiger partial charge >= 0.3 is 0 Å². The van der Waals surface area contributed by atoms with Crippen LogP contribution >= 0.6 is 0 Å². The van der Waals surface area contributed by atoms with Crippen LogP contribution in [0.5, 0.6) is 0 Å². The van der Waals surface area contributed by atoms with Crippen LogP contribution < -0.4 is 0 Å². The predicted octanol–water partition coefficient (Wildman–Crippen LogP) is 4.83. The highest BCUT2D eigenvalue weighted by molar-refractivity contribution is 5.97. The van der Waals surface area contributed by atoms with Crippen molar-refractivity contribution in [2.75, 3.05) is 7.05 Å². The molecule has 1 amide bonds. The van der Waals surface area contributed by atoms with Crippen molar-refractivity contribution in [1.82, 2.24) is 14.9 Å². The van der Waals surface area contributed by atoms with Crippen molar-refractivity contribution < 1.29 is 9.21 Å². The number of rotatable bonds is 3. The molecule has 0 aliphatic heterocycles. The zero-order valence-corrected chi connectivity index (χ0v) is 15.9. The Kier molecular flexibility index (Phi) is 4.15. The van der Waals surface area contributed by atoms with Gasteiger partial charge in [0, 0.05) is 18.0 Å². The zero-order chi connectivity index (χ0) is 19.1. The number of para-hydroxylation sites is 1. The predicted molar refractivity (Wildman–Crippen MR) is 106 cm³/mol. The lowest BCUT2D eigenvalue weighted by Crippen LogP contribution is -2.29. The number of aromatic nitrogens is 2. The molecule has 27 heavy (non-hydrogen) atoms. The first kappa shape index (κ1) is 17.2. The molecule has 0 radical (unpaired) electrons. The molecular formula is C22H21N3O2. The summed E-state index contributed by atoms with van der Waals surface area (Å²) in [5.41, 5.74) is 4.71. The van der Waals surface area contributed by atoms with Gasteiger partial charge in [-0.1, -0.05) is 18.2 Å². The van der Waals surface area contributed by atoms with Crippen LogP contribution in [0, 0.1) is 13.8 Å². The van der Waals surface area contributed by atoms with Crippen LogP contribution in [0.2, 0.25) is 0 Å². The molecule has 0 bridgehead atoms. The van der Waals surface area contributed by atoms with Crippen molar-refractivity contribution in [3.63, 3.8) is 0 Å². The zero-order valence-electron chi connectivity index (χ0n) is 15.9. The molecule has 4 aromatic rings. The number of fused-ring (bicyclic) bond motifs is 2. The van der Waals surface area contributed by atoms with Crippen LogP contribution in [0.15, 0.2) is 52.9 Å². The molecule has 136 valence electrons. The highest BCUT2D eigenvalue weighted by atomic mass is 16.3. The normalized spacial score (nSPS) is 12.4. The number of amides is 1. The number of furan rings is 1. The lowest BCUT2D eigenvalue weighted by Gasteiger charge is -2.23. The van der Waals surface area contributed by atoms with E-state index in [2.05, 4.69) is 9.97 Å². The number of aryl methyl sites for hydroxylation is 2. The quantitative estimate of drug-likeness (QED) is 0.526. The van der Waals surface area contributed by atoms with E-state index < -0.39 is 0 Å². The molecule has 0 N–H and O–H groups in total. The van der Waals surface area contributed by atoms with Gasteiger partial charge in [0.25, 0.3) is 5.91 Å². The molecule has 0 aliphatic rings. The Bertz CT molecular complexity index is 1130. The fourth-order valence-corrected chi connectivity index (χ4v) is 3.14. The highest BCUT2D eigenvalue weighted by Gasteiger charge is 2.22. The molecular weight excluding hydrogens is 338 g/mol. The average molecular weight is 359 g/mol. The number of hydrogen-bond acceptors (Lipinski definition) is 4. The van der Waals surface area contributed by atoms with E-state index in [0.29, 0.717) is 5.56 Å². The van der Waals surface area contributed by atoms with Gasteiger partial charge < -0.3 is 9.32 Å². The molecule has 2 aromatic carbocycles. The van der Waals surface area contributed by atoms with E-state index >= 15 is 0 Å². The summed E-state index contributed by atoms with van der Waals surface area (Å²) in [5, 5.41) is 1.03. The summed E-state index contributed by atoms with van der Waals surface area (Å²) >= 11 is 0. The van der Waals surface area contributed by atoms with Gasteiger partial charge in [-0.05, 0) is 51.1 Å². The molecule has 2 heterocycles. The van der Waals surface area contributed by atoms with Crippen LogP contribution in [0.1, 0.15) is 40.5 Å². The summed E-state index contributed by atoms with van der Waals surface area (Å²) in [6.45, 7) is 5.82. The van der Waals surface area contributed by atoms with E-state index in [0.717, 1.165) is 39.2 Å². The number of hydrogen-bond donors (Lipinski definition) is 0. The summed E-state index contributed by atoms with van der Waals surface area (Å²) in [7, 11) is 1.79. The maximum absolute atomic E-state index is 13.0. The Hall–Kier alpha value is -3.21. The number of carbonyl (C=O) groups excluding carboxylic acids is 1. The third-order valence-corrected chi connectivity index (χ3v) is 5.08. The van der Waals surface area contributed by atoms with Crippen molar-refractivity contribution in [2.45, 2.75) is 26.8 Å². The standard InChI is InChI=1S/C22H21N3O2/c1-13-14(2)24-19-11-17(9-10-18(19)23-13)22(26)25(4)15(3)21-12-16-7-5-6-8-20(16)27-21/h5-12,15H,1-4H3/t15-/m0/s1. The molecule has 5 nitrogen and oxygen atoms in total. The van der Waals surface area contributed by atoms with E-state index in [4.69, 9.17) is 4.42 Å². The van der Waals surface area contributed by atoms with E-state index in [1.165, 1.54) is 0 Å². The first-order chi connectivity index (χ1) is 12.9. The summed E-state index contributed by atoms with van der Waals surface area (Å²) in [5.74, 6) is 0.684. The van der Waals surface area contributed by atoms with Crippen molar-refractivity contribution in [3.8, 4) is 0 Å². The minimum absolute atomic E-state index is 0.0788. The summed E-state index contributed by atoms with van der Waals surface area (Å²) in [4.78, 5) is 23.8.